The lowest BCUT2D eigenvalue weighted by Crippen LogP contribution is -2.33. The summed E-state index contributed by atoms with van der Waals surface area (Å²) in [6.07, 6.45) is 0. The van der Waals surface area contributed by atoms with Crippen LogP contribution in [-0.4, -0.2) is 40.3 Å². The molecule has 0 aliphatic heterocycles. The maximum absolute atomic E-state index is 13.0. The fourth-order valence-corrected chi connectivity index (χ4v) is 4.36. The van der Waals surface area contributed by atoms with Gasteiger partial charge in [0, 0.05) is 53.1 Å². The molecule has 0 saturated heterocycles. The molecular weight excluding hydrogens is 454 g/mol. The molecule has 4 aromatic carbocycles. The van der Waals surface area contributed by atoms with Crippen molar-refractivity contribution in [3.05, 3.63) is 118 Å². The van der Waals surface area contributed by atoms with Gasteiger partial charge in [-0.15, -0.1) is 0 Å². The molecule has 5 rings (SSSR count). The number of nitro benzene ring substituents is 1. The van der Waals surface area contributed by atoms with Crippen LogP contribution in [0, 0.1) is 10.1 Å². The van der Waals surface area contributed by atoms with E-state index in [-0.39, 0.29) is 18.0 Å². The molecule has 1 aromatic heterocycles. The first-order valence-electron chi connectivity index (χ1n) is 11.7. The Morgan fingerprint density at radius 1 is 0.861 bits per heavy atom. The standard InChI is InChI=1S/C29H25N3O4/c33-29(22-9-6-10-23(17-22)32(34)35)20-31(19-21-7-2-1-3-8-21)15-16-36-24-13-14-26-25-11-4-5-12-27(25)30-28(26)18-24/h1-14,17-18,30H,15-16,19-20H2. The highest BCUT2D eigenvalue weighted by molar-refractivity contribution is 6.07. The van der Waals surface area contributed by atoms with E-state index >= 15 is 0 Å². The van der Waals surface area contributed by atoms with Gasteiger partial charge < -0.3 is 9.72 Å². The predicted molar refractivity (Wildman–Crippen MR) is 140 cm³/mol. The minimum absolute atomic E-state index is 0.0915. The van der Waals surface area contributed by atoms with Crippen LogP contribution in [0.3, 0.4) is 0 Å². The van der Waals surface area contributed by atoms with Crippen LogP contribution in [-0.2, 0) is 6.54 Å². The molecular formula is C29H25N3O4. The summed E-state index contributed by atoms with van der Waals surface area (Å²) in [5.74, 6) is 0.577. The second-order valence-electron chi connectivity index (χ2n) is 8.65. The van der Waals surface area contributed by atoms with Crippen molar-refractivity contribution in [3.8, 4) is 5.75 Å². The number of nitro groups is 1. The molecule has 7 nitrogen and oxygen atoms in total. The first-order chi connectivity index (χ1) is 17.6. The number of hydrogen-bond donors (Lipinski definition) is 1. The van der Waals surface area contributed by atoms with Gasteiger partial charge in [-0.1, -0.05) is 60.7 Å². The molecule has 0 aliphatic rings. The third-order valence-corrected chi connectivity index (χ3v) is 6.15. The zero-order valence-corrected chi connectivity index (χ0v) is 19.6. The molecule has 180 valence electrons. The first-order valence-corrected chi connectivity index (χ1v) is 11.7. The Labute approximate surface area is 208 Å². The molecule has 0 spiro atoms. The predicted octanol–water partition coefficient (Wildman–Crippen LogP) is 5.99. The number of nitrogens with one attached hydrogen (secondary N) is 1. The summed E-state index contributed by atoms with van der Waals surface area (Å²) in [7, 11) is 0. The fourth-order valence-electron chi connectivity index (χ4n) is 4.36. The summed E-state index contributed by atoms with van der Waals surface area (Å²) in [5, 5.41) is 13.4. The molecule has 36 heavy (non-hydrogen) atoms. The van der Waals surface area contributed by atoms with E-state index in [1.54, 1.807) is 6.07 Å². The lowest BCUT2D eigenvalue weighted by Gasteiger charge is -2.22. The summed E-state index contributed by atoms with van der Waals surface area (Å²) < 4.78 is 6.05. The van der Waals surface area contributed by atoms with Gasteiger partial charge in [0.2, 0.25) is 0 Å². The SMILES string of the molecule is O=C(CN(CCOc1ccc2c(c1)[nH]c1ccccc12)Cc1ccccc1)c1cccc([N+](=O)[O-])c1. The van der Waals surface area contributed by atoms with Crippen LogP contribution in [0.15, 0.2) is 97.1 Å². The van der Waals surface area contributed by atoms with E-state index in [4.69, 9.17) is 4.74 Å². The number of ketones is 1. The van der Waals surface area contributed by atoms with Gasteiger partial charge in [0.25, 0.3) is 5.69 Å². The topological polar surface area (TPSA) is 88.5 Å². The van der Waals surface area contributed by atoms with Crippen molar-refractivity contribution < 1.29 is 14.5 Å². The summed E-state index contributed by atoms with van der Waals surface area (Å²) in [4.78, 5) is 29.0. The minimum atomic E-state index is -0.490. The number of benzene rings is 4. The number of Topliss-reactive ketones (excluding diaryl/α,β-unsaturated/α-hetero) is 1. The largest absolute Gasteiger partial charge is 0.492 e. The van der Waals surface area contributed by atoms with Crippen LogP contribution in [0.2, 0.25) is 0 Å². The lowest BCUT2D eigenvalue weighted by atomic mass is 10.1. The van der Waals surface area contributed by atoms with E-state index < -0.39 is 4.92 Å². The summed E-state index contributed by atoms with van der Waals surface area (Å²) in [6, 6.07) is 29.9. The van der Waals surface area contributed by atoms with Gasteiger partial charge in [-0.2, -0.15) is 0 Å². The second kappa shape index (κ2) is 10.4. The number of hydrogen-bond acceptors (Lipinski definition) is 5. The van der Waals surface area contributed by atoms with Crippen LogP contribution >= 0.6 is 0 Å². The molecule has 0 aliphatic carbocycles. The fraction of sp³-hybridized carbons (Fsp3) is 0.138. The van der Waals surface area contributed by atoms with Crippen molar-refractivity contribution in [1.82, 2.24) is 9.88 Å². The lowest BCUT2D eigenvalue weighted by molar-refractivity contribution is -0.384. The van der Waals surface area contributed by atoms with Gasteiger partial charge in [0.15, 0.2) is 5.78 Å². The number of aromatic amines is 1. The smallest absolute Gasteiger partial charge is 0.270 e. The molecule has 0 radical (unpaired) electrons. The average Bonchev–Trinajstić information content (AvgIpc) is 3.27. The third kappa shape index (κ3) is 5.26. The van der Waals surface area contributed by atoms with Gasteiger partial charge >= 0.3 is 0 Å². The molecule has 7 heteroatoms. The number of H-pyrrole nitrogens is 1. The van der Waals surface area contributed by atoms with Crippen molar-refractivity contribution in [2.45, 2.75) is 6.54 Å². The van der Waals surface area contributed by atoms with Crippen LogP contribution < -0.4 is 4.74 Å². The molecule has 0 unspecified atom stereocenters. The van der Waals surface area contributed by atoms with E-state index in [2.05, 4.69) is 23.2 Å². The number of non-ortho nitro benzene ring substituents is 1. The van der Waals surface area contributed by atoms with Crippen molar-refractivity contribution in [2.24, 2.45) is 0 Å². The molecule has 0 fully saturated rings. The Hall–Kier alpha value is -4.49. The van der Waals surface area contributed by atoms with Crippen molar-refractivity contribution in [1.29, 1.82) is 0 Å². The van der Waals surface area contributed by atoms with E-state index in [1.807, 2.05) is 59.5 Å². The van der Waals surface area contributed by atoms with Gasteiger partial charge in [0.05, 0.1) is 17.0 Å². The number of para-hydroxylation sites is 1. The number of carbonyl (C=O) groups excluding carboxylic acids is 1. The number of nitrogens with zero attached hydrogens (tertiary/aromatic N) is 2. The van der Waals surface area contributed by atoms with Crippen molar-refractivity contribution >= 4 is 33.3 Å². The zero-order valence-electron chi connectivity index (χ0n) is 19.6. The Morgan fingerprint density at radius 3 is 2.47 bits per heavy atom. The highest BCUT2D eigenvalue weighted by Gasteiger charge is 2.16. The van der Waals surface area contributed by atoms with Crippen LogP contribution in [0.1, 0.15) is 15.9 Å². The maximum Gasteiger partial charge on any atom is 0.270 e. The van der Waals surface area contributed by atoms with E-state index in [1.165, 1.54) is 23.6 Å². The van der Waals surface area contributed by atoms with Gasteiger partial charge in [-0.3, -0.25) is 19.8 Å². The van der Waals surface area contributed by atoms with E-state index in [9.17, 15) is 14.9 Å². The average molecular weight is 480 g/mol. The van der Waals surface area contributed by atoms with Gasteiger partial charge in [-0.05, 0) is 23.8 Å². The third-order valence-electron chi connectivity index (χ3n) is 6.15. The minimum Gasteiger partial charge on any atom is -0.492 e. The number of ether oxygens (including phenoxy) is 1. The zero-order chi connectivity index (χ0) is 24.9. The summed E-state index contributed by atoms with van der Waals surface area (Å²) in [6.45, 7) is 1.59. The van der Waals surface area contributed by atoms with Crippen molar-refractivity contribution in [3.63, 3.8) is 0 Å². The molecule has 1 heterocycles. The van der Waals surface area contributed by atoms with E-state index in [0.29, 0.717) is 25.3 Å². The number of rotatable bonds is 10. The molecule has 0 bridgehead atoms. The molecule has 0 amide bonds. The highest BCUT2D eigenvalue weighted by atomic mass is 16.6. The van der Waals surface area contributed by atoms with Crippen molar-refractivity contribution in [2.75, 3.05) is 19.7 Å². The Morgan fingerprint density at radius 2 is 1.64 bits per heavy atom. The van der Waals surface area contributed by atoms with Crippen LogP contribution in [0.25, 0.3) is 21.8 Å². The monoisotopic (exact) mass is 479 g/mol. The first kappa shape index (κ1) is 23.3. The van der Waals surface area contributed by atoms with Gasteiger partial charge in [0.1, 0.15) is 12.4 Å². The van der Waals surface area contributed by atoms with Crippen LogP contribution in [0.5, 0.6) is 5.75 Å². The normalized spacial score (nSPS) is 11.2. The van der Waals surface area contributed by atoms with Crippen LogP contribution in [0.4, 0.5) is 5.69 Å². The number of carbonyl (C=O) groups is 1. The summed E-state index contributed by atoms with van der Waals surface area (Å²) >= 11 is 0. The highest BCUT2D eigenvalue weighted by Crippen LogP contribution is 2.28. The molecule has 0 atom stereocenters. The molecule has 5 aromatic rings. The molecule has 1 N–H and O–H groups in total. The second-order valence-corrected chi connectivity index (χ2v) is 8.65. The number of fused-ring (bicyclic) bond motifs is 3. The quantitative estimate of drug-likeness (QED) is 0.151. The maximum atomic E-state index is 13.0. The Balaban J connectivity index is 1.28. The van der Waals surface area contributed by atoms with Gasteiger partial charge in [-0.25, -0.2) is 0 Å². The Kier molecular flexibility index (Phi) is 6.73. The number of aromatic nitrogens is 1. The summed E-state index contributed by atoms with van der Waals surface area (Å²) in [5.41, 5.74) is 3.40. The Bertz CT molecular complexity index is 1530. The molecule has 0 saturated carbocycles. The van der Waals surface area contributed by atoms with E-state index in [0.717, 1.165) is 27.7 Å².